The first-order chi connectivity index (χ1) is 9.48. The standard InChI is InChI=1S/C16H29N3O/c1-5-12-7-6-8-13(11-12)15-18-14(20-19-15)9-10-17-16(2,3)4/h12-13,17H,5-11H2,1-4H3. The van der Waals surface area contributed by atoms with Crippen molar-refractivity contribution in [3.63, 3.8) is 0 Å². The van der Waals surface area contributed by atoms with Gasteiger partial charge in [0.1, 0.15) is 0 Å². The van der Waals surface area contributed by atoms with Crippen LogP contribution in [0.1, 0.15) is 77.4 Å². The molecule has 1 saturated carbocycles. The van der Waals surface area contributed by atoms with E-state index in [0.717, 1.165) is 30.6 Å². The van der Waals surface area contributed by atoms with Crippen LogP contribution in [0.25, 0.3) is 0 Å². The van der Waals surface area contributed by atoms with E-state index in [4.69, 9.17) is 4.52 Å². The summed E-state index contributed by atoms with van der Waals surface area (Å²) < 4.78 is 5.40. The second-order valence-corrected chi connectivity index (χ2v) is 7.11. The molecule has 1 aliphatic rings. The molecule has 1 aromatic heterocycles. The Morgan fingerprint density at radius 1 is 1.30 bits per heavy atom. The number of hydrogen-bond acceptors (Lipinski definition) is 4. The minimum Gasteiger partial charge on any atom is -0.339 e. The van der Waals surface area contributed by atoms with Crippen LogP contribution in [-0.4, -0.2) is 22.2 Å². The fraction of sp³-hybridized carbons (Fsp3) is 0.875. The fourth-order valence-electron chi connectivity index (χ4n) is 2.98. The summed E-state index contributed by atoms with van der Waals surface area (Å²) in [5.74, 6) is 3.07. The summed E-state index contributed by atoms with van der Waals surface area (Å²) in [5.41, 5.74) is 0.139. The highest BCUT2D eigenvalue weighted by Crippen LogP contribution is 2.36. The molecule has 4 nitrogen and oxygen atoms in total. The van der Waals surface area contributed by atoms with Gasteiger partial charge in [0, 0.05) is 24.4 Å². The topological polar surface area (TPSA) is 51.0 Å². The van der Waals surface area contributed by atoms with Gasteiger partial charge in [-0.3, -0.25) is 0 Å². The van der Waals surface area contributed by atoms with Crippen LogP contribution in [0, 0.1) is 5.92 Å². The largest absolute Gasteiger partial charge is 0.339 e. The van der Waals surface area contributed by atoms with E-state index in [1.807, 2.05) is 0 Å². The van der Waals surface area contributed by atoms with Gasteiger partial charge >= 0.3 is 0 Å². The Kier molecular flexibility index (Phi) is 5.19. The zero-order chi connectivity index (χ0) is 14.6. The smallest absolute Gasteiger partial charge is 0.227 e. The number of nitrogens with zero attached hydrogens (tertiary/aromatic N) is 2. The van der Waals surface area contributed by atoms with Crippen LogP contribution >= 0.6 is 0 Å². The van der Waals surface area contributed by atoms with E-state index in [1.54, 1.807) is 0 Å². The van der Waals surface area contributed by atoms with Crippen molar-refractivity contribution in [1.29, 1.82) is 0 Å². The van der Waals surface area contributed by atoms with Gasteiger partial charge in [-0.25, -0.2) is 0 Å². The molecule has 1 fully saturated rings. The molecule has 20 heavy (non-hydrogen) atoms. The van der Waals surface area contributed by atoms with E-state index >= 15 is 0 Å². The highest BCUT2D eigenvalue weighted by Gasteiger charge is 2.25. The van der Waals surface area contributed by atoms with E-state index in [1.165, 1.54) is 32.1 Å². The Hall–Kier alpha value is -0.900. The molecule has 4 heteroatoms. The van der Waals surface area contributed by atoms with Crippen molar-refractivity contribution in [2.75, 3.05) is 6.54 Å². The highest BCUT2D eigenvalue weighted by molar-refractivity contribution is 4.98. The van der Waals surface area contributed by atoms with Crippen LogP contribution in [-0.2, 0) is 6.42 Å². The van der Waals surface area contributed by atoms with Gasteiger partial charge in [0.25, 0.3) is 0 Å². The van der Waals surface area contributed by atoms with Crippen molar-refractivity contribution in [2.24, 2.45) is 5.92 Å². The summed E-state index contributed by atoms with van der Waals surface area (Å²) in [5, 5.41) is 7.66. The normalized spacial score (nSPS) is 24.0. The Morgan fingerprint density at radius 3 is 2.80 bits per heavy atom. The third kappa shape index (κ3) is 4.58. The van der Waals surface area contributed by atoms with Crippen molar-refractivity contribution in [3.8, 4) is 0 Å². The summed E-state index contributed by atoms with van der Waals surface area (Å²) in [7, 11) is 0. The van der Waals surface area contributed by atoms with Crippen LogP contribution in [0.4, 0.5) is 0 Å². The summed E-state index contributed by atoms with van der Waals surface area (Å²) in [6.07, 6.45) is 7.21. The molecule has 0 radical (unpaired) electrons. The van der Waals surface area contributed by atoms with Crippen molar-refractivity contribution in [3.05, 3.63) is 11.7 Å². The summed E-state index contributed by atoms with van der Waals surface area (Å²) in [4.78, 5) is 4.60. The maximum Gasteiger partial charge on any atom is 0.227 e. The molecule has 0 spiro atoms. The number of nitrogens with one attached hydrogen (secondary N) is 1. The van der Waals surface area contributed by atoms with E-state index in [-0.39, 0.29) is 5.54 Å². The van der Waals surface area contributed by atoms with E-state index < -0.39 is 0 Å². The van der Waals surface area contributed by atoms with Gasteiger partial charge in [-0.2, -0.15) is 4.98 Å². The molecule has 2 unspecified atom stereocenters. The Morgan fingerprint density at radius 2 is 2.10 bits per heavy atom. The number of hydrogen-bond donors (Lipinski definition) is 1. The first-order valence-corrected chi connectivity index (χ1v) is 8.05. The first-order valence-electron chi connectivity index (χ1n) is 8.05. The van der Waals surface area contributed by atoms with Crippen molar-refractivity contribution in [1.82, 2.24) is 15.5 Å². The predicted molar refractivity (Wildman–Crippen MR) is 80.7 cm³/mol. The average Bonchev–Trinajstić information content (AvgIpc) is 2.86. The molecule has 1 heterocycles. The lowest BCUT2D eigenvalue weighted by atomic mass is 9.80. The van der Waals surface area contributed by atoms with Gasteiger partial charge in [-0.05, 0) is 39.5 Å². The van der Waals surface area contributed by atoms with Gasteiger partial charge < -0.3 is 9.84 Å². The van der Waals surface area contributed by atoms with Crippen LogP contribution in [0.2, 0.25) is 0 Å². The molecule has 114 valence electrons. The van der Waals surface area contributed by atoms with Crippen molar-refractivity contribution < 1.29 is 4.52 Å². The maximum atomic E-state index is 5.40. The van der Waals surface area contributed by atoms with Gasteiger partial charge in [0.15, 0.2) is 5.82 Å². The summed E-state index contributed by atoms with van der Waals surface area (Å²) in [6.45, 7) is 9.66. The van der Waals surface area contributed by atoms with Crippen LogP contribution in [0.15, 0.2) is 4.52 Å². The maximum absolute atomic E-state index is 5.40. The molecular formula is C16H29N3O. The van der Waals surface area contributed by atoms with Gasteiger partial charge in [-0.15, -0.1) is 0 Å². The minimum atomic E-state index is 0.139. The first kappa shape index (κ1) is 15.5. The third-order valence-corrected chi connectivity index (χ3v) is 4.20. The lowest BCUT2D eigenvalue weighted by molar-refractivity contribution is 0.297. The van der Waals surface area contributed by atoms with Crippen LogP contribution in [0.5, 0.6) is 0 Å². The molecule has 1 aromatic rings. The molecule has 0 saturated heterocycles. The molecule has 2 atom stereocenters. The third-order valence-electron chi connectivity index (χ3n) is 4.20. The monoisotopic (exact) mass is 279 g/mol. The van der Waals surface area contributed by atoms with Crippen LogP contribution < -0.4 is 5.32 Å². The van der Waals surface area contributed by atoms with E-state index in [9.17, 15) is 0 Å². The Bertz CT molecular complexity index is 408. The minimum absolute atomic E-state index is 0.139. The zero-order valence-electron chi connectivity index (χ0n) is 13.4. The number of rotatable bonds is 5. The Balaban J connectivity index is 1.85. The second-order valence-electron chi connectivity index (χ2n) is 7.11. The summed E-state index contributed by atoms with van der Waals surface area (Å²) >= 11 is 0. The molecular weight excluding hydrogens is 250 g/mol. The molecule has 2 rings (SSSR count). The lowest BCUT2D eigenvalue weighted by Crippen LogP contribution is -2.37. The lowest BCUT2D eigenvalue weighted by Gasteiger charge is -2.26. The Labute approximate surface area is 122 Å². The second kappa shape index (κ2) is 6.70. The van der Waals surface area contributed by atoms with Crippen LogP contribution in [0.3, 0.4) is 0 Å². The van der Waals surface area contributed by atoms with Crippen molar-refractivity contribution in [2.45, 2.75) is 77.7 Å². The SMILES string of the molecule is CCC1CCCC(c2noc(CCNC(C)(C)C)n2)C1. The zero-order valence-corrected chi connectivity index (χ0v) is 13.4. The molecule has 1 N–H and O–H groups in total. The fourth-order valence-corrected chi connectivity index (χ4v) is 2.98. The van der Waals surface area contributed by atoms with Crippen molar-refractivity contribution >= 4 is 0 Å². The summed E-state index contributed by atoms with van der Waals surface area (Å²) in [6, 6.07) is 0. The van der Waals surface area contributed by atoms with Gasteiger partial charge in [0.05, 0.1) is 0 Å². The molecule has 0 bridgehead atoms. The molecule has 0 aliphatic heterocycles. The average molecular weight is 279 g/mol. The number of aromatic nitrogens is 2. The molecule has 0 amide bonds. The van der Waals surface area contributed by atoms with E-state index in [0.29, 0.717) is 5.92 Å². The predicted octanol–water partition coefficient (Wildman–Crippen LogP) is 3.68. The van der Waals surface area contributed by atoms with Gasteiger partial charge in [0.2, 0.25) is 5.89 Å². The highest BCUT2D eigenvalue weighted by atomic mass is 16.5. The molecule has 1 aliphatic carbocycles. The quantitative estimate of drug-likeness (QED) is 0.893. The van der Waals surface area contributed by atoms with Gasteiger partial charge in [-0.1, -0.05) is 31.3 Å². The van der Waals surface area contributed by atoms with E-state index in [2.05, 4.69) is 43.2 Å². The molecule has 0 aromatic carbocycles.